The second-order valence-corrected chi connectivity index (χ2v) is 7.02. The van der Waals surface area contributed by atoms with Gasteiger partial charge in [0.1, 0.15) is 17.2 Å². The molecule has 164 valence electrons. The number of hydrogen-bond donors (Lipinski definition) is 2. The molecule has 0 spiro atoms. The van der Waals surface area contributed by atoms with Crippen LogP contribution in [0.3, 0.4) is 0 Å². The number of aliphatic hydroxyl groups is 1. The van der Waals surface area contributed by atoms with E-state index in [2.05, 4.69) is 5.32 Å². The maximum absolute atomic E-state index is 13.8. The van der Waals surface area contributed by atoms with Gasteiger partial charge in [-0.05, 0) is 53.6 Å². The van der Waals surface area contributed by atoms with Crippen molar-refractivity contribution in [3.63, 3.8) is 0 Å². The van der Waals surface area contributed by atoms with Gasteiger partial charge in [-0.25, -0.2) is 8.78 Å². The van der Waals surface area contributed by atoms with Gasteiger partial charge in [-0.1, -0.05) is 18.2 Å². The summed E-state index contributed by atoms with van der Waals surface area (Å²) in [6, 6.07) is 12.4. The van der Waals surface area contributed by atoms with E-state index in [0.29, 0.717) is 5.56 Å². The van der Waals surface area contributed by atoms with Gasteiger partial charge in [0.2, 0.25) is 0 Å². The Labute approximate surface area is 178 Å². The molecule has 4 aromatic rings. The van der Waals surface area contributed by atoms with Crippen LogP contribution in [-0.2, 0) is 12.8 Å². The third-order valence-electron chi connectivity index (χ3n) is 4.93. The van der Waals surface area contributed by atoms with Gasteiger partial charge in [-0.15, -0.1) is 0 Å². The zero-order valence-electron chi connectivity index (χ0n) is 16.3. The molecule has 0 aliphatic carbocycles. The summed E-state index contributed by atoms with van der Waals surface area (Å²) >= 11 is 0. The SMILES string of the molecule is O=C(Nc1ccc(-c2c(C(F)(F)F)cc3cc(CO)ccn23)cc1)c1c(F)cccc1F. The van der Waals surface area contributed by atoms with E-state index in [1.165, 1.54) is 47.0 Å². The van der Waals surface area contributed by atoms with Crippen molar-refractivity contribution in [2.75, 3.05) is 5.32 Å². The molecule has 0 saturated carbocycles. The molecule has 0 saturated heterocycles. The van der Waals surface area contributed by atoms with Crippen LogP contribution in [0.25, 0.3) is 16.8 Å². The standard InChI is InChI=1S/C23H15F5N2O2/c24-18-2-1-3-19(25)20(18)22(32)29-15-6-4-14(5-7-15)21-17(23(26,27)28)11-16-10-13(12-31)8-9-30(16)21/h1-11,31H,12H2,(H,29,32). The van der Waals surface area contributed by atoms with Crippen LogP contribution >= 0.6 is 0 Å². The van der Waals surface area contributed by atoms with Crippen LogP contribution in [0, 0.1) is 11.6 Å². The Hall–Kier alpha value is -3.72. The summed E-state index contributed by atoms with van der Waals surface area (Å²) in [5.41, 5.74) is -0.649. The highest BCUT2D eigenvalue weighted by Gasteiger charge is 2.36. The van der Waals surface area contributed by atoms with Crippen molar-refractivity contribution in [2.45, 2.75) is 12.8 Å². The third-order valence-corrected chi connectivity index (χ3v) is 4.93. The molecular weight excluding hydrogens is 431 g/mol. The summed E-state index contributed by atoms with van der Waals surface area (Å²) in [5.74, 6) is -3.08. The van der Waals surface area contributed by atoms with Crippen molar-refractivity contribution < 1.29 is 31.9 Å². The van der Waals surface area contributed by atoms with E-state index in [-0.39, 0.29) is 29.1 Å². The van der Waals surface area contributed by atoms with Gasteiger partial charge in [0.25, 0.3) is 5.91 Å². The first-order valence-corrected chi connectivity index (χ1v) is 9.37. The number of pyridine rings is 1. The Kier molecular flexibility index (Phi) is 5.43. The Balaban J connectivity index is 1.71. The quantitative estimate of drug-likeness (QED) is 0.398. The van der Waals surface area contributed by atoms with Crippen molar-refractivity contribution in [3.8, 4) is 11.3 Å². The number of rotatable bonds is 4. The van der Waals surface area contributed by atoms with Crippen molar-refractivity contribution >= 4 is 17.1 Å². The Morgan fingerprint density at radius 1 is 0.969 bits per heavy atom. The van der Waals surface area contributed by atoms with E-state index in [4.69, 9.17) is 0 Å². The minimum Gasteiger partial charge on any atom is -0.392 e. The molecule has 0 aliphatic rings. The zero-order chi connectivity index (χ0) is 23.0. The maximum Gasteiger partial charge on any atom is 0.418 e. The molecule has 0 radical (unpaired) electrons. The molecular formula is C23H15F5N2O2. The van der Waals surface area contributed by atoms with Crippen LogP contribution in [0.5, 0.6) is 0 Å². The first-order chi connectivity index (χ1) is 15.2. The highest BCUT2D eigenvalue weighted by atomic mass is 19.4. The zero-order valence-corrected chi connectivity index (χ0v) is 16.3. The second kappa shape index (κ2) is 8.08. The van der Waals surface area contributed by atoms with E-state index in [9.17, 15) is 31.9 Å². The lowest BCUT2D eigenvalue weighted by Crippen LogP contribution is -2.15. The molecule has 2 N–H and O–H groups in total. The number of alkyl halides is 3. The fourth-order valence-corrected chi connectivity index (χ4v) is 3.45. The highest BCUT2D eigenvalue weighted by molar-refractivity contribution is 6.04. The number of carbonyl (C=O) groups is 1. The smallest absolute Gasteiger partial charge is 0.392 e. The Bertz CT molecular complexity index is 1290. The van der Waals surface area contributed by atoms with E-state index in [1.54, 1.807) is 0 Å². The van der Waals surface area contributed by atoms with Gasteiger partial charge in [0.05, 0.1) is 17.9 Å². The van der Waals surface area contributed by atoms with E-state index in [1.807, 2.05) is 0 Å². The summed E-state index contributed by atoms with van der Waals surface area (Å²) in [4.78, 5) is 12.2. The largest absolute Gasteiger partial charge is 0.418 e. The lowest BCUT2D eigenvalue weighted by Gasteiger charge is -2.12. The molecule has 4 nitrogen and oxygen atoms in total. The van der Waals surface area contributed by atoms with Crippen LogP contribution in [0.1, 0.15) is 21.5 Å². The summed E-state index contributed by atoms with van der Waals surface area (Å²) < 4.78 is 70.0. The van der Waals surface area contributed by atoms with Crippen LogP contribution in [0.2, 0.25) is 0 Å². The number of amides is 1. The summed E-state index contributed by atoms with van der Waals surface area (Å²) in [6.07, 6.45) is -3.20. The lowest BCUT2D eigenvalue weighted by molar-refractivity contribution is -0.137. The van der Waals surface area contributed by atoms with Gasteiger partial charge in [-0.2, -0.15) is 13.2 Å². The Morgan fingerprint density at radius 2 is 1.62 bits per heavy atom. The highest BCUT2D eigenvalue weighted by Crippen LogP contribution is 2.39. The molecule has 0 bridgehead atoms. The molecule has 0 fully saturated rings. The first-order valence-electron chi connectivity index (χ1n) is 9.37. The normalized spacial score (nSPS) is 11.7. The number of nitrogens with one attached hydrogen (secondary N) is 1. The van der Waals surface area contributed by atoms with Crippen molar-refractivity contribution in [1.82, 2.24) is 4.40 Å². The second-order valence-electron chi connectivity index (χ2n) is 7.02. The minimum absolute atomic E-state index is 0.116. The van der Waals surface area contributed by atoms with Gasteiger partial charge in [0.15, 0.2) is 0 Å². The molecule has 2 aromatic heterocycles. The van der Waals surface area contributed by atoms with Crippen molar-refractivity contribution in [1.29, 1.82) is 0 Å². The third kappa shape index (κ3) is 3.94. The topological polar surface area (TPSA) is 53.7 Å². The molecule has 32 heavy (non-hydrogen) atoms. The predicted octanol–water partition coefficient (Wildman–Crippen LogP) is 5.65. The van der Waals surface area contributed by atoms with Gasteiger partial charge >= 0.3 is 6.18 Å². The molecule has 1 amide bonds. The average Bonchev–Trinajstić information content (AvgIpc) is 3.13. The summed E-state index contributed by atoms with van der Waals surface area (Å²) in [5, 5.41) is 11.6. The number of fused-ring (bicyclic) bond motifs is 1. The molecule has 0 unspecified atom stereocenters. The van der Waals surface area contributed by atoms with Crippen molar-refractivity contribution in [2.24, 2.45) is 0 Å². The fourth-order valence-electron chi connectivity index (χ4n) is 3.45. The predicted molar refractivity (Wildman–Crippen MR) is 108 cm³/mol. The number of carbonyl (C=O) groups excluding carboxylic acids is 1. The fraction of sp³-hybridized carbons (Fsp3) is 0.0870. The first kappa shape index (κ1) is 21.5. The number of hydrogen-bond acceptors (Lipinski definition) is 2. The number of halogens is 5. The van der Waals surface area contributed by atoms with Crippen LogP contribution in [0.4, 0.5) is 27.6 Å². The number of aromatic nitrogens is 1. The van der Waals surface area contributed by atoms with Crippen LogP contribution in [-0.4, -0.2) is 15.4 Å². The van der Waals surface area contributed by atoms with E-state index in [0.717, 1.165) is 24.3 Å². The summed E-state index contributed by atoms with van der Waals surface area (Å²) in [6.45, 7) is -0.310. The van der Waals surface area contributed by atoms with Gasteiger partial charge in [-0.3, -0.25) is 4.79 Å². The van der Waals surface area contributed by atoms with Crippen LogP contribution < -0.4 is 5.32 Å². The van der Waals surface area contributed by atoms with E-state index >= 15 is 0 Å². The maximum atomic E-state index is 13.8. The molecule has 0 atom stereocenters. The monoisotopic (exact) mass is 446 g/mol. The van der Waals surface area contributed by atoms with E-state index < -0.39 is 34.8 Å². The average molecular weight is 446 g/mol. The number of aliphatic hydroxyl groups excluding tert-OH is 1. The van der Waals surface area contributed by atoms with Crippen LogP contribution in [0.15, 0.2) is 66.9 Å². The molecule has 2 aromatic carbocycles. The van der Waals surface area contributed by atoms with Gasteiger partial charge < -0.3 is 14.8 Å². The molecule has 2 heterocycles. The minimum atomic E-state index is -4.63. The molecule has 9 heteroatoms. The molecule has 4 rings (SSSR count). The molecule has 0 aliphatic heterocycles. The van der Waals surface area contributed by atoms with Crippen molar-refractivity contribution in [3.05, 3.63) is 95.2 Å². The number of benzene rings is 2. The Morgan fingerprint density at radius 3 is 2.22 bits per heavy atom. The summed E-state index contributed by atoms with van der Waals surface area (Å²) in [7, 11) is 0. The lowest BCUT2D eigenvalue weighted by atomic mass is 10.1. The number of nitrogens with zero attached hydrogens (tertiary/aromatic N) is 1. The number of anilines is 1. The van der Waals surface area contributed by atoms with Gasteiger partial charge in [0, 0.05) is 17.4 Å².